The Balaban J connectivity index is 0.00000363. The van der Waals surface area contributed by atoms with Gasteiger partial charge in [-0.25, -0.2) is 0 Å². The van der Waals surface area contributed by atoms with Crippen molar-refractivity contribution in [2.45, 2.75) is 32.4 Å². The molecule has 0 spiro atoms. The molecule has 2 aromatic rings. The highest BCUT2D eigenvalue weighted by atomic mass is 127. The van der Waals surface area contributed by atoms with E-state index in [0.29, 0.717) is 19.1 Å². The maximum atomic E-state index is 5.61. The van der Waals surface area contributed by atoms with Crippen molar-refractivity contribution in [3.05, 3.63) is 54.0 Å². The lowest BCUT2D eigenvalue weighted by Crippen LogP contribution is -2.43. The molecule has 0 bridgehead atoms. The molecule has 0 atom stereocenters. The molecule has 2 N–H and O–H groups in total. The summed E-state index contributed by atoms with van der Waals surface area (Å²) < 4.78 is 16.1. The zero-order valence-electron chi connectivity index (χ0n) is 19.2. The van der Waals surface area contributed by atoms with E-state index >= 15 is 0 Å². The van der Waals surface area contributed by atoms with Crippen LogP contribution in [-0.4, -0.2) is 57.8 Å². The van der Waals surface area contributed by atoms with Crippen LogP contribution in [0.3, 0.4) is 0 Å². The summed E-state index contributed by atoms with van der Waals surface area (Å²) >= 11 is 0. The topological polar surface area (TPSA) is 71.3 Å². The van der Waals surface area contributed by atoms with E-state index in [1.165, 1.54) is 18.4 Å². The van der Waals surface area contributed by atoms with E-state index in [1.54, 1.807) is 13.4 Å². The van der Waals surface area contributed by atoms with Crippen LogP contribution in [0.4, 0.5) is 0 Å². The molecule has 1 aliphatic heterocycles. The molecule has 1 aromatic heterocycles. The van der Waals surface area contributed by atoms with Gasteiger partial charge in [0.05, 0.1) is 13.4 Å². The predicted molar refractivity (Wildman–Crippen MR) is 139 cm³/mol. The Kier molecular flexibility index (Phi) is 12.5. The van der Waals surface area contributed by atoms with E-state index in [-0.39, 0.29) is 24.0 Å². The first-order valence-electron chi connectivity index (χ1n) is 11.2. The maximum Gasteiger partial charge on any atom is 0.190 e. The van der Waals surface area contributed by atoms with Gasteiger partial charge >= 0.3 is 0 Å². The summed E-state index contributed by atoms with van der Waals surface area (Å²) in [6.07, 6.45) is 5.01. The van der Waals surface area contributed by atoms with Gasteiger partial charge in [0, 0.05) is 33.3 Å². The summed E-state index contributed by atoms with van der Waals surface area (Å²) in [4.78, 5) is 6.87. The zero-order chi connectivity index (χ0) is 21.7. The summed E-state index contributed by atoms with van der Waals surface area (Å²) in [5, 5.41) is 6.85. The molecule has 2 heterocycles. The Labute approximate surface area is 209 Å². The predicted octanol–water partition coefficient (Wildman–Crippen LogP) is 3.89. The molecule has 0 amide bonds. The van der Waals surface area contributed by atoms with Crippen LogP contribution in [0.1, 0.15) is 30.6 Å². The van der Waals surface area contributed by atoms with Crippen LogP contribution < -0.4 is 15.4 Å². The fourth-order valence-electron chi connectivity index (χ4n) is 3.75. The molecule has 0 unspecified atom stereocenters. The zero-order valence-corrected chi connectivity index (χ0v) is 21.5. The highest BCUT2D eigenvalue weighted by Gasteiger charge is 2.19. The number of piperidine rings is 1. The van der Waals surface area contributed by atoms with E-state index < -0.39 is 0 Å². The summed E-state index contributed by atoms with van der Waals surface area (Å²) in [5.74, 6) is 3.33. The number of hydrogen-bond acceptors (Lipinski definition) is 5. The van der Waals surface area contributed by atoms with Crippen LogP contribution in [-0.2, 0) is 17.9 Å². The highest BCUT2D eigenvalue weighted by molar-refractivity contribution is 14.0. The first-order chi connectivity index (χ1) is 15.3. The van der Waals surface area contributed by atoms with Gasteiger partial charge in [-0.1, -0.05) is 12.1 Å². The molecule has 0 saturated carbocycles. The Hall–Kier alpha value is -1.78. The summed E-state index contributed by atoms with van der Waals surface area (Å²) in [6, 6.07) is 12.2. The molecule has 1 aliphatic rings. The van der Waals surface area contributed by atoms with Gasteiger partial charge in [0.25, 0.3) is 0 Å². The number of halogens is 1. The molecule has 0 aliphatic carbocycles. The molecule has 1 saturated heterocycles. The second-order valence-electron chi connectivity index (χ2n) is 7.93. The van der Waals surface area contributed by atoms with Crippen LogP contribution in [0.2, 0.25) is 0 Å². The third-order valence-electron chi connectivity index (χ3n) is 5.64. The van der Waals surface area contributed by atoms with Crippen molar-refractivity contribution in [3.63, 3.8) is 0 Å². The summed E-state index contributed by atoms with van der Waals surface area (Å²) in [6.45, 7) is 6.29. The lowest BCUT2D eigenvalue weighted by molar-refractivity contribution is 0.105. The number of methoxy groups -OCH3 is 1. The standard InChI is InChI=1S/C24H36N4O3.HI/c1-25-24(26-12-4-15-30-19-23-5-3-16-31-23)27-17-20-10-13-28(14-11-20)18-21-6-8-22(29-2)9-7-21;/h3,5-9,16,20H,4,10-15,17-19H2,1-2H3,(H2,25,26,27);1H. The van der Waals surface area contributed by atoms with Crippen LogP contribution in [0.25, 0.3) is 0 Å². The molecule has 8 heteroatoms. The van der Waals surface area contributed by atoms with Crippen molar-refractivity contribution < 1.29 is 13.9 Å². The first kappa shape index (κ1) is 26.5. The molecule has 1 aromatic carbocycles. The molecular formula is C24H37IN4O3. The minimum atomic E-state index is 0. The highest BCUT2D eigenvalue weighted by Crippen LogP contribution is 2.19. The van der Waals surface area contributed by atoms with Gasteiger partial charge in [-0.15, -0.1) is 24.0 Å². The SMILES string of the molecule is CN=C(NCCCOCc1ccco1)NCC1CCN(Cc2ccc(OC)cc2)CC1.I. The third kappa shape index (κ3) is 9.38. The number of hydrogen-bond donors (Lipinski definition) is 2. The molecule has 0 radical (unpaired) electrons. The van der Waals surface area contributed by atoms with Gasteiger partial charge in [0.15, 0.2) is 5.96 Å². The lowest BCUT2D eigenvalue weighted by atomic mass is 9.96. The van der Waals surface area contributed by atoms with Crippen LogP contribution in [0.15, 0.2) is 52.1 Å². The number of likely N-dealkylation sites (tertiary alicyclic amines) is 1. The summed E-state index contributed by atoms with van der Waals surface area (Å²) in [5.41, 5.74) is 1.34. The van der Waals surface area contributed by atoms with E-state index in [1.807, 2.05) is 31.3 Å². The van der Waals surface area contributed by atoms with Crippen LogP contribution in [0.5, 0.6) is 5.75 Å². The monoisotopic (exact) mass is 556 g/mol. The minimum Gasteiger partial charge on any atom is -0.497 e. The largest absolute Gasteiger partial charge is 0.497 e. The van der Waals surface area contributed by atoms with Crippen molar-refractivity contribution in [1.29, 1.82) is 0 Å². The smallest absolute Gasteiger partial charge is 0.190 e. The Bertz CT molecular complexity index is 760. The van der Waals surface area contributed by atoms with E-state index in [2.05, 4.69) is 32.7 Å². The number of ether oxygens (including phenoxy) is 2. The second kappa shape index (κ2) is 15.1. The molecule has 3 rings (SSSR count). The number of nitrogens with one attached hydrogen (secondary N) is 2. The van der Waals surface area contributed by atoms with Gasteiger partial charge in [0.1, 0.15) is 18.1 Å². The number of furan rings is 1. The molecule has 178 valence electrons. The molecule has 7 nitrogen and oxygen atoms in total. The first-order valence-corrected chi connectivity index (χ1v) is 11.2. The van der Waals surface area contributed by atoms with Gasteiger partial charge in [-0.3, -0.25) is 9.89 Å². The fraction of sp³-hybridized carbons (Fsp3) is 0.542. The molecular weight excluding hydrogens is 519 g/mol. The van der Waals surface area contributed by atoms with E-state index in [0.717, 1.165) is 56.6 Å². The van der Waals surface area contributed by atoms with Crippen molar-refractivity contribution in [3.8, 4) is 5.75 Å². The van der Waals surface area contributed by atoms with Crippen molar-refractivity contribution >= 4 is 29.9 Å². The maximum absolute atomic E-state index is 5.61. The Morgan fingerprint density at radius 1 is 1.16 bits per heavy atom. The third-order valence-corrected chi connectivity index (χ3v) is 5.64. The normalized spacial score (nSPS) is 15.2. The van der Waals surface area contributed by atoms with Crippen molar-refractivity contribution in [2.75, 3.05) is 46.9 Å². The second-order valence-corrected chi connectivity index (χ2v) is 7.93. The van der Waals surface area contributed by atoms with Gasteiger partial charge in [-0.05, 0) is 68.1 Å². The average Bonchev–Trinajstić information content (AvgIpc) is 3.33. The van der Waals surface area contributed by atoms with Gasteiger partial charge < -0.3 is 24.5 Å². The minimum absolute atomic E-state index is 0. The van der Waals surface area contributed by atoms with Gasteiger partial charge in [-0.2, -0.15) is 0 Å². The lowest BCUT2D eigenvalue weighted by Gasteiger charge is -2.32. The average molecular weight is 556 g/mol. The molecule has 32 heavy (non-hydrogen) atoms. The number of benzene rings is 1. The number of rotatable bonds is 11. The Morgan fingerprint density at radius 2 is 1.94 bits per heavy atom. The van der Waals surface area contributed by atoms with Crippen molar-refractivity contribution in [2.24, 2.45) is 10.9 Å². The van der Waals surface area contributed by atoms with E-state index in [9.17, 15) is 0 Å². The van der Waals surface area contributed by atoms with Crippen molar-refractivity contribution in [1.82, 2.24) is 15.5 Å². The van der Waals surface area contributed by atoms with E-state index in [4.69, 9.17) is 13.9 Å². The van der Waals surface area contributed by atoms with Crippen LogP contribution in [0, 0.1) is 5.92 Å². The number of guanidine groups is 1. The van der Waals surface area contributed by atoms with Gasteiger partial charge in [0.2, 0.25) is 0 Å². The fourth-order valence-corrected chi connectivity index (χ4v) is 3.75. The number of aliphatic imine (C=N–C) groups is 1. The van der Waals surface area contributed by atoms with Crippen LogP contribution >= 0.6 is 24.0 Å². The summed E-state index contributed by atoms with van der Waals surface area (Å²) in [7, 11) is 3.52. The quantitative estimate of drug-likeness (QED) is 0.190. The number of nitrogens with zero attached hydrogens (tertiary/aromatic N) is 2. The molecule has 1 fully saturated rings. The Morgan fingerprint density at radius 3 is 2.59 bits per heavy atom.